The summed E-state index contributed by atoms with van der Waals surface area (Å²) in [6.45, 7) is 0. The van der Waals surface area contributed by atoms with Crippen molar-refractivity contribution in [2.75, 3.05) is 0 Å². The van der Waals surface area contributed by atoms with Gasteiger partial charge in [0.15, 0.2) is 5.58 Å². The maximum atomic E-state index is 6.50. The molecule has 2 heterocycles. The lowest BCUT2D eigenvalue weighted by Gasteiger charge is -2.19. The monoisotopic (exact) mass is 653 g/mol. The number of fused-ring (bicyclic) bond motifs is 10. The molecule has 11 rings (SSSR count). The molecule has 0 aliphatic rings. The fraction of sp³-hybridized carbons (Fsp3) is 0. The van der Waals surface area contributed by atoms with Gasteiger partial charge in [-0.25, -0.2) is 4.98 Å². The first-order chi connectivity index (χ1) is 24.8. The van der Waals surface area contributed by atoms with Gasteiger partial charge in [0.25, 0.3) is 0 Å². The van der Waals surface area contributed by atoms with Crippen LogP contribution >= 0.6 is 11.3 Å². The number of hydrogen-bond donors (Lipinski definition) is 0. The molecule has 0 amide bonds. The molecule has 0 aliphatic heterocycles. The number of benzene rings is 9. The Hall–Kier alpha value is -6.29. The van der Waals surface area contributed by atoms with Crippen LogP contribution in [0.5, 0.6) is 0 Å². The Morgan fingerprint density at radius 3 is 1.84 bits per heavy atom. The number of thiophene rings is 1. The third-order valence-electron chi connectivity index (χ3n) is 10.3. The quantitative estimate of drug-likeness (QED) is 0.140. The van der Waals surface area contributed by atoms with Crippen LogP contribution in [0.4, 0.5) is 0 Å². The van der Waals surface area contributed by atoms with Crippen LogP contribution in [0.2, 0.25) is 0 Å². The molecule has 0 aliphatic carbocycles. The summed E-state index contributed by atoms with van der Waals surface area (Å²) in [5.74, 6) is 0.644. The van der Waals surface area contributed by atoms with Crippen LogP contribution in [-0.2, 0) is 0 Å². The van der Waals surface area contributed by atoms with E-state index in [2.05, 4.69) is 133 Å². The lowest BCUT2D eigenvalue weighted by Crippen LogP contribution is -1.91. The van der Waals surface area contributed by atoms with Crippen molar-refractivity contribution in [3.63, 3.8) is 0 Å². The zero-order chi connectivity index (χ0) is 32.8. The van der Waals surface area contributed by atoms with Gasteiger partial charge in [0.1, 0.15) is 5.52 Å². The topological polar surface area (TPSA) is 26.0 Å². The van der Waals surface area contributed by atoms with Crippen molar-refractivity contribution < 1.29 is 4.42 Å². The van der Waals surface area contributed by atoms with Crippen molar-refractivity contribution in [2.45, 2.75) is 0 Å². The minimum Gasteiger partial charge on any atom is -0.435 e. The number of hydrogen-bond acceptors (Lipinski definition) is 3. The molecule has 3 heteroatoms. The van der Waals surface area contributed by atoms with Gasteiger partial charge in [-0.1, -0.05) is 127 Å². The summed E-state index contributed by atoms with van der Waals surface area (Å²) < 4.78 is 9.14. The molecule has 50 heavy (non-hydrogen) atoms. The lowest BCUT2D eigenvalue weighted by molar-refractivity contribution is 0.623. The molecule has 0 saturated carbocycles. The van der Waals surface area contributed by atoms with Crippen molar-refractivity contribution >= 4 is 85.7 Å². The van der Waals surface area contributed by atoms with Crippen molar-refractivity contribution in [3.05, 3.63) is 164 Å². The third kappa shape index (κ3) is 3.98. The highest BCUT2D eigenvalue weighted by molar-refractivity contribution is 7.25. The Kier molecular flexibility index (Phi) is 5.86. The molecule has 0 radical (unpaired) electrons. The molecule has 0 fully saturated rings. The molecule has 2 aromatic heterocycles. The van der Waals surface area contributed by atoms with E-state index in [0.717, 1.165) is 32.8 Å². The van der Waals surface area contributed by atoms with Crippen molar-refractivity contribution in [3.8, 4) is 33.7 Å². The standard InChI is InChI=1S/C47H27NOS/c1-2-11-29(12-3-1)47-48-39-26-24-28-21-22-30-27-31(23-25-32(30)43(28)46(39)49-47)42-33-13-4-6-15-35(33)44(36-16-7-5-14-34(36)42)38-18-10-20-41-45(38)37-17-8-9-19-40(37)50-41/h1-27H. The highest BCUT2D eigenvalue weighted by Gasteiger charge is 2.20. The highest BCUT2D eigenvalue weighted by Crippen LogP contribution is 2.48. The van der Waals surface area contributed by atoms with E-state index in [1.165, 1.54) is 69.4 Å². The fourth-order valence-electron chi connectivity index (χ4n) is 8.10. The van der Waals surface area contributed by atoms with Crippen LogP contribution in [-0.4, -0.2) is 4.98 Å². The molecule has 9 aromatic carbocycles. The summed E-state index contributed by atoms with van der Waals surface area (Å²) in [6.07, 6.45) is 0. The van der Waals surface area contributed by atoms with Gasteiger partial charge in [-0.15, -0.1) is 11.3 Å². The van der Waals surface area contributed by atoms with Gasteiger partial charge in [-0.2, -0.15) is 0 Å². The van der Waals surface area contributed by atoms with Gasteiger partial charge in [-0.05, 0) is 96.4 Å². The van der Waals surface area contributed by atoms with Crippen LogP contribution in [0.1, 0.15) is 0 Å². The summed E-state index contributed by atoms with van der Waals surface area (Å²) in [5.41, 5.74) is 7.71. The predicted molar refractivity (Wildman–Crippen MR) is 213 cm³/mol. The average Bonchev–Trinajstić information content (AvgIpc) is 3.79. The largest absolute Gasteiger partial charge is 0.435 e. The average molecular weight is 654 g/mol. The molecule has 0 spiro atoms. The predicted octanol–water partition coefficient (Wildman–Crippen LogP) is 13.8. The minimum absolute atomic E-state index is 0.644. The Bertz CT molecular complexity index is 3090. The molecule has 0 saturated heterocycles. The Morgan fingerprint density at radius 2 is 1.06 bits per heavy atom. The zero-order valence-corrected chi connectivity index (χ0v) is 27.7. The van der Waals surface area contributed by atoms with E-state index in [9.17, 15) is 0 Å². The Labute approximate surface area is 291 Å². The van der Waals surface area contributed by atoms with E-state index < -0.39 is 0 Å². The van der Waals surface area contributed by atoms with Crippen LogP contribution < -0.4 is 0 Å². The lowest BCUT2D eigenvalue weighted by atomic mass is 9.84. The van der Waals surface area contributed by atoms with E-state index in [4.69, 9.17) is 9.40 Å². The first-order valence-corrected chi connectivity index (χ1v) is 17.8. The molecule has 0 atom stereocenters. The van der Waals surface area contributed by atoms with E-state index in [-0.39, 0.29) is 0 Å². The van der Waals surface area contributed by atoms with Gasteiger partial charge in [0, 0.05) is 31.1 Å². The summed E-state index contributed by atoms with van der Waals surface area (Å²) in [7, 11) is 0. The van der Waals surface area contributed by atoms with Gasteiger partial charge < -0.3 is 4.42 Å². The third-order valence-corrected chi connectivity index (χ3v) is 11.4. The Balaban J connectivity index is 1.18. The number of aromatic nitrogens is 1. The molecule has 0 N–H and O–H groups in total. The van der Waals surface area contributed by atoms with Gasteiger partial charge >= 0.3 is 0 Å². The van der Waals surface area contributed by atoms with Crippen LogP contribution in [0.3, 0.4) is 0 Å². The second kappa shape index (κ2) is 10.6. The zero-order valence-electron chi connectivity index (χ0n) is 26.9. The van der Waals surface area contributed by atoms with Crippen LogP contribution in [0.15, 0.2) is 168 Å². The molecule has 11 aromatic rings. The summed E-state index contributed by atoms with van der Waals surface area (Å²) >= 11 is 1.87. The van der Waals surface area contributed by atoms with Crippen LogP contribution in [0.25, 0.3) is 108 Å². The first-order valence-electron chi connectivity index (χ1n) is 17.0. The molecule has 2 nitrogen and oxygen atoms in total. The van der Waals surface area contributed by atoms with Crippen LogP contribution in [0, 0.1) is 0 Å². The van der Waals surface area contributed by atoms with Crippen molar-refractivity contribution in [1.82, 2.24) is 4.98 Å². The number of nitrogens with zero attached hydrogens (tertiary/aromatic N) is 1. The SMILES string of the molecule is c1ccc(-c2nc3ccc4ccc5cc(-c6c7ccccc7c(-c7cccc8sc9ccccc9c78)c7ccccc67)ccc5c4c3o2)cc1. The Morgan fingerprint density at radius 1 is 0.420 bits per heavy atom. The summed E-state index contributed by atoms with van der Waals surface area (Å²) in [6, 6.07) is 59.2. The molecule has 0 bridgehead atoms. The second-order valence-electron chi connectivity index (χ2n) is 13.0. The number of oxazole rings is 1. The minimum atomic E-state index is 0.644. The van der Waals surface area contributed by atoms with E-state index >= 15 is 0 Å². The van der Waals surface area contributed by atoms with Crippen molar-refractivity contribution in [1.29, 1.82) is 0 Å². The first kappa shape index (κ1) is 27.6. The molecule has 0 unspecified atom stereocenters. The maximum Gasteiger partial charge on any atom is 0.227 e. The van der Waals surface area contributed by atoms with Gasteiger partial charge in [-0.3, -0.25) is 0 Å². The maximum absolute atomic E-state index is 6.50. The fourth-order valence-corrected chi connectivity index (χ4v) is 9.24. The molecular formula is C47H27NOS. The van der Waals surface area contributed by atoms with E-state index in [1.54, 1.807) is 0 Å². The normalized spacial score (nSPS) is 12.0. The van der Waals surface area contributed by atoms with E-state index in [1.807, 2.05) is 41.7 Å². The van der Waals surface area contributed by atoms with Gasteiger partial charge in [0.2, 0.25) is 5.89 Å². The van der Waals surface area contributed by atoms with Crippen molar-refractivity contribution in [2.24, 2.45) is 0 Å². The number of rotatable bonds is 3. The van der Waals surface area contributed by atoms with E-state index in [0.29, 0.717) is 5.89 Å². The highest BCUT2D eigenvalue weighted by atomic mass is 32.1. The summed E-state index contributed by atoms with van der Waals surface area (Å²) in [5, 5.41) is 12.3. The summed E-state index contributed by atoms with van der Waals surface area (Å²) in [4.78, 5) is 4.87. The van der Waals surface area contributed by atoms with Gasteiger partial charge in [0.05, 0.1) is 0 Å². The second-order valence-corrected chi connectivity index (χ2v) is 14.1. The molecule has 232 valence electrons. The smallest absolute Gasteiger partial charge is 0.227 e. The molecular weight excluding hydrogens is 627 g/mol.